The normalized spacial score (nSPS) is 20.3. The highest BCUT2D eigenvalue weighted by Gasteiger charge is 2.25. The lowest BCUT2D eigenvalue weighted by Gasteiger charge is -2.14. The van der Waals surface area contributed by atoms with Crippen molar-refractivity contribution in [2.45, 2.75) is 24.2 Å². The van der Waals surface area contributed by atoms with Crippen LogP contribution in [0.1, 0.15) is 19.3 Å². The molecule has 110 valence electrons. The molecule has 0 spiro atoms. The Bertz CT molecular complexity index is 616. The van der Waals surface area contributed by atoms with Crippen LogP contribution >= 0.6 is 23.2 Å². The van der Waals surface area contributed by atoms with E-state index >= 15 is 0 Å². The van der Waals surface area contributed by atoms with Gasteiger partial charge in [0, 0.05) is 18.0 Å². The van der Waals surface area contributed by atoms with Crippen molar-refractivity contribution in [3.63, 3.8) is 0 Å². The molecule has 1 aliphatic heterocycles. The molecule has 1 aromatic rings. The Kier molecular flexibility index (Phi) is 4.94. The zero-order valence-electron chi connectivity index (χ0n) is 10.7. The molecular formula is C13H15Cl2NO3S. The minimum absolute atomic E-state index is 0.00329. The third kappa shape index (κ3) is 3.87. The first-order valence-corrected chi connectivity index (χ1v) is 8.74. The van der Waals surface area contributed by atoms with Gasteiger partial charge in [-0.25, -0.2) is 8.42 Å². The van der Waals surface area contributed by atoms with Crippen LogP contribution in [0.3, 0.4) is 0 Å². The summed E-state index contributed by atoms with van der Waals surface area (Å²) in [6.07, 6.45) is 1.61. The molecule has 7 heteroatoms. The maximum Gasteiger partial charge on any atom is 0.220 e. The molecule has 0 aromatic heterocycles. The van der Waals surface area contributed by atoms with E-state index in [1.54, 1.807) is 0 Å². The molecule has 1 heterocycles. The molecule has 1 fully saturated rings. The number of sulfone groups is 1. The van der Waals surface area contributed by atoms with E-state index in [-0.39, 0.29) is 27.5 Å². The van der Waals surface area contributed by atoms with Crippen LogP contribution in [0.15, 0.2) is 23.1 Å². The van der Waals surface area contributed by atoms with Gasteiger partial charge in [0.15, 0.2) is 9.84 Å². The molecular weight excluding hydrogens is 321 g/mol. The van der Waals surface area contributed by atoms with Crippen LogP contribution in [0, 0.1) is 5.92 Å². The largest absolute Gasteiger partial charge is 0.356 e. The Morgan fingerprint density at radius 1 is 1.25 bits per heavy atom. The first-order valence-electron chi connectivity index (χ1n) is 6.33. The average Bonchev–Trinajstić information content (AvgIpc) is 2.53. The quantitative estimate of drug-likeness (QED) is 0.923. The van der Waals surface area contributed by atoms with Crippen molar-refractivity contribution in [2.75, 3.05) is 12.3 Å². The highest BCUT2D eigenvalue weighted by atomic mass is 35.5. The smallest absolute Gasteiger partial charge is 0.220 e. The van der Waals surface area contributed by atoms with Crippen molar-refractivity contribution in [1.82, 2.24) is 5.32 Å². The first-order chi connectivity index (χ1) is 9.38. The lowest BCUT2D eigenvalue weighted by atomic mass is 10.0. The van der Waals surface area contributed by atoms with Gasteiger partial charge >= 0.3 is 0 Å². The molecule has 1 aliphatic rings. The Morgan fingerprint density at radius 3 is 2.70 bits per heavy atom. The Hall–Kier alpha value is -0.780. The minimum Gasteiger partial charge on any atom is -0.356 e. The molecule has 0 aliphatic carbocycles. The number of halogens is 2. The molecule has 1 N–H and O–H groups in total. The predicted octanol–water partition coefficient (Wildman–Crippen LogP) is 2.68. The second kappa shape index (κ2) is 6.33. The molecule has 1 amide bonds. The molecule has 0 radical (unpaired) electrons. The molecule has 0 bridgehead atoms. The number of benzene rings is 1. The van der Waals surface area contributed by atoms with Gasteiger partial charge < -0.3 is 5.32 Å². The van der Waals surface area contributed by atoms with Crippen molar-refractivity contribution < 1.29 is 13.2 Å². The lowest BCUT2D eigenvalue weighted by Crippen LogP contribution is -2.22. The van der Waals surface area contributed by atoms with Crippen molar-refractivity contribution in [3.8, 4) is 0 Å². The molecule has 0 unspecified atom stereocenters. The van der Waals surface area contributed by atoms with Crippen molar-refractivity contribution in [1.29, 1.82) is 0 Å². The predicted molar refractivity (Wildman–Crippen MR) is 78.9 cm³/mol. The summed E-state index contributed by atoms with van der Waals surface area (Å²) in [5.41, 5.74) is 0. The maximum absolute atomic E-state index is 12.4. The number of nitrogens with one attached hydrogen (secondary N) is 1. The number of carbonyl (C=O) groups excluding carboxylic acids is 1. The molecule has 20 heavy (non-hydrogen) atoms. The summed E-state index contributed by atoms with van der Waals surface area (Å²) < 4.78 is 24.8. The number of amides is 1. The lowest BCUT2D eigenvalue weighted by molar-refractivity contribution is -0.120. The van der Waals surface area contributed by atoms with Crippen LogP contribution in [0.25, 0.3) is 0 Å². The van der Waals surface area contributed by atoms with Crippen LogP contribution < -0.4 is 5.32 Å². The van der Waals surface area contributed by atoms with Crippen molar-refractivity contribution in [2.24, 2.45) is 5.92 Å². The van der Waals surface area contributed by atoms with Gasteiger partial charge in [-0.05, 0) is 37.0 Å². The standard InChI is InChI=1S/C13H15Cl2NO3S/c14-10-2-3-12(11(15)7-10)20(18,19)8-9-1-4-13(17)16-6-5-9/h2-3,7,9H,1,4-6,8H2,(H,16,17)/t9-/m1/s1. The summed E-state index contributed by atoms with van der Waals surface area (Å²) >= 11 is 11.7. The highest BCUT2D eigenvalue weighted by molar-refractivity contribution is 7.91. The number of hydrogen-bond acceptors (Lipinski definition) is 3. The number of rotatable bonds is 3. The second-order valence-electron chi connectivity index (χ2n) is 4.90. The summed E-state index contributed by atoms with van der Waals surface area (Å²) in [5.74, 6) is -0.0522. The highest BCUT2D eigenvalue weighted by Crippen LogP contribution is 2.28. The fourth-order valence-electron chi connectivity index (χ4n) is 2.28. The van der Waals surface area contributed by atoms with E-state index in [9.17, 15) is 13.2 Å². The van der Waals surface area contributed by atoms with Gasteiger partial charge in [-0.3, -0.25) is 4.79 Å². The van der Waals surface area contributed by atoms with E-state index in [0.717, 1.165) is 0 Å². The van der Waals surface area contributed by atoms with Crippen LogP contribution in [-0.4, -0.2) is 26.6 Å². The van der Waals surface area contributed by atoms with E-state index < -0.39 is 9.84 Å². The van der Waals surface area contributed by atoms with Crippen molar-refractivity contribution in [3.05, 3.63) is 28.2 Å². The Morgan fingerprint density at radius 2 is 2.00 bits per heavy atom. The summed E-state index contributed by atoms with van der Waals surface area (Å²) in [6.45, 7) is 0.521. The van der Waals surface area contributed by atoms with Gasteiger partial charge in [0.1, 0.15) is 0 Å². The fraction of sp³-hybridized carbons (Fsp3) is 0.462. The fourth-order valence-corrected chi connectivity index (χ4v) is 4.80. The van der Waals surface area contributed by atoms with Gasteiger partial charge in [0.05, 0.1) is 15.7 Å². The summed E-state index contributed by atoms with van der Waals surface area (Å²) in [4.78, 5) is 11.4. The van der Waals surface area contributed by atoms with Crippen LogP contribution in [0.4, 0.5) is 0 Å². The van der Waals surface area contributed by atoms with E-state index in [1.165, 1.54) is 18.2 Å². The second-order valence-corrected chi connectivity index (χ2v) is 7.75. The maximum atomic E-state index is 12.4. The van der Waals surface area contributed by atoms with E-state index in [4.69, 9.17) is 23.2 Å². The van der Waals surface area contributed by atoms with Gasteiger partial charge in [-0.1, -0.05) is 23.2 Å². The minimum atomic E-state index is -3.47. The SMILES string of the molecule is O=C1CC[C@@H](CS(=O)(=O)c2ccc(Cl)cc2Cl)CCN1. The molecule has 2 rings (SSSR count). The molecule has 0 saturated carbocycles. The third-order valence-electron chi connectivity index (χ3n) is 3.34. The first kappa shape index (κ1) is 15.6. The Labute approximate surface area is 128 Å². The van der Waals surface area contributed by atoms with Crippen LogP contribution in [0.5, 0.6) is 0 Å². The molecule has 1 saturated heterocycles. The summed E-state index contributed by atoms with van der Waals surface area (Å²) in [7, 11) is -3.47. The summed E-state index contributed by atoms with van der Waals surface area (Å²) in [6, 6.07) is 4.37. The van der Waals surface area contributed by atoms with Crippen molar-refractivity contribution >= 4 is 38.9 Å². The Balaban J connectivity index is 2.16. The van der Waals surface area contributed by atoms with Crippen LogP contribution in [-0.2, 0) is 14.6 Å². The summed E-state index contributed by atoms with van der Waals surface area (Å²) in [5, 5.41) is 3.28. The zero-order valence-corrected chi connectivity index (χ0v) is 13.1. The van der Waals surface area contributed by atoms with Crippen LogP contribution in [0.2, 0.25) is 10.0 Å². The monoisotopic (exact) mass is 335 g/mol. The topological polar surface area (TPSA) is 63.2 Å². The van der Waals surface area contributed by atoms with E-state index in [0.29, 0.717) is 30.8 Å². The average molecular weight is 336 g/mol. The number of carbonyl (C=O) groups is 1. The van der Waals surface area contributed by atoms with Gasteiger partial charge in [-0.15, -0.1) is 0 Å². The zero-order chi connectivity index (χ0) is 14.8. The third-order valence-corrected chi connectivity index (χ3v) is 5.93. The van der Waals surface area contributed by atoms with Gasteiger partial charge in [0.25, 0.3) is 0 Å². The number of hydrogen-bond donors (Lipinski definition) is 1. The molecule has 1 aromatic carbocycles. The van der Waals surface area contributed by atoms with E-state index in [2.05, 4.69) is 5.32 Å². The van der Waals surface area contributed by atoms with Gasteiger partial charge in [0.2, 0.25) is 5.91 Å². The molecule has 4 nitrogen and oxygen atoms in total. The van der Waals surface area contributed by atoms with Gasteiger partial charge in [-0.2, -0.15) is 0 Å². The molecule has 1 atom stereocenters. The van der Waals surface area contributed by atoms with E-state index in [1.807, 2.05) is 0 Å².